The molecule has 2 fully saturated rings. The lowest BCUT2D eigenvalue weighted by molar-refractivity contribution is -0.0896. The Morgan fingerprint density at radius 1 is 1.38 bits per heavy atom. The molecule has 0 aromatic carbocycles. The van der Waals surface area contributed by atoms with Crippen LogP contribution in [0.15, 0.2) is 0 Å². The van der Waals surface area contributed by atoms with E-state index < -0.39 is 0 Å². The summed E-state index contributed by atoms with van der Waals surface area (Å²) in [7, 11) is 2.17. The van der Waals surface area contributed by atoms with Crippen molar-refractivity contribution in [3.05, 3.63) is 0 Å². The van der Waals surface area contributed by atoms with Gasteiger partial charge in [-0.2, -0.15) is 0 Å². The monoisotopic (exact) mass is 228 g/mol. The predicted molar refractivity (Wildman–Crippen MR) is 58.2 cm³/mol. The molecule has 2 heterocycles. The van der Waals surface area contributed by atoms with Crippen LogP contribution in [0.2, 0.25) is 0 Å². The molecule has 5 heteroatoms. The minimum atomic E-state index is 0. The van der Waals surface area contributed by atoms with E-state index in [9.17, 15) is 0 Å². The Kier molecular flexibility index (Phi) is 5.56. The summed E-state index contributed by atoms with van der Waals surface area (Å²) in [5.41, 5.74) is 0.160. The van der Waals surface area contributed by atoms with Crippen molar-refractivity contribution in [2.75, 3.05) is 39.8 Å². The first-order valence-electron chi connectivity index (χ1n) is 4.34. The largest absolute Gasteiger partial charge is 0.371 e. The number of halogens is 2. The van der Waals surface area contributed by atoms with Crippen molar-refractivity contribution >= 4 is 24.8 Å². The fraction of sp³-hybridized carbons (Fsp3) is 1.00. The van der Waals surface area contributed by atoms with Crippen molar-refractivity contribution in [1.82, 2.24) is 10.2 Å². The van der Waals surface area contributed by atoms with Crippen LogP contribution in [0.4, 0.5) is 0 Å². The van der Waals surface area contributed by atoms with Crippen LogP contribution in [0, 0.1) is 0 Å². The van der Waals surface area contributed by atoms with Crippen molar-refractivity contribution in [3.63, 3.8) is 0 Å². The molecule has 0 aromatic rings. The van der Waals surface area contributed by atoms with Crippen LogP contribution in [0.3, 0.4) is 0 Å². The van der Waals surface area contributed by atoms with Gasteiger partial charge >= 0.3 is 0 Å². The second-order valence-corrected chi connectivity index (χ2v) is 3.70. The Hall–Kier alpha value is 0.460. The van der Waals surface area contributed by atoms with Crippen molar-refractivity contribution in [3.8, 4) is 0 Å². The Balaban J connectivity index is 0.000000720. The Morgan fingerprint density at radius 3 is 2.69 bits per heavy atom. The van der Waals surface area contributed by atoms with Crippen LogP contribution >= 0.6 is 24.8 Å². The Bertz CT molecular complexity index is 151. The molecule has 2 aliphatic rings. The third-order valence-corrected chi connectivity index (χ3v) is 2.64. The third-order valence-electron chi connectivity index (χ3n) is 2.64. The van der Waals surface area contributed by atoms with Gasteiger partial charge in [-0.1, -0.05) is 0 Å². The molecule has 1 N–H and O–H groups in total. The maximum atomic E-state index is 5.79. The molecule has 0 saturated carbocycles. The molecule has 3 nitrogen and oxygen atoms in total. The van der Waals surface area contributed by atoms with Gasteiger partial charge in [-0.15, -0.1) is 24.8 Å². The maximum Gasteiger partial charge on any atom is 0.0944 e. The molecule has 2 rings (SSSR count). The summed E-state index contributed by atoms with van der Waals surface area (Å²) in [4.78, 5) is 2.36. The SMILES string of the molecule is CN1CCOC2(CCNC2)C1.Cl.Cl. The highest BCUT2D eigenvalue weighted by atomic mass is 35.5. The molecular weight excluding hydrogens is 211 g/mol. The highest BCUT2D eigenvalue weighted by Crippen LogP contribution is 2.23. The van der Waals surface area contributed by atoms with E-state index in [2.05, 4.69) is 17.3 Å². The molecule has 2 saturated heterocycles. The Morgan fingerprint density at radius 2 is 2.15 bits per heavy atom. The molecule has 0 aromatic heterocycles. The molecule has 0 aliphatic carbocycles. The molecule has 0 amide bonds. The number of hydrogen-bond acceptors (Lipinski definition) is 3. The van der Waals surface area contributed by atoms with E-state index in [1.165, 1.54) is 6.42 Å². The molecule has 1 spiro atoms. The zero-order valence-electron chi connectivity index (χ0n) is 7.91. The lowest BCUT2D eigenvalue weighted by Crippen LogP contribution is -2.51. The van der Waals surface area contributed by atoms with Gasteiger partial charge in [0, 0.05) is 19.6 Å². The van der Waals surface area contributed by atoms with E-state index >= 15 is 0 Å². The Labute approximate surface area is 92.0 Å². The molecule has 0 bridgehead atoms. The van der Waals surface area contributed by atoms with Crippen LogP contribution in [0.25, 0.3) is 0 Å². The third kappa shape index (κ3) is 2.96. The number of ether oxygens (including phenoxy) is 1. The van der Waals surface area contributed by atoms with Gasteiger partial charge in [-0.05, 0) is 20.0 Å². The standard InChI is InChI=1S/C8H16N2O.2ClH/c1-10-4-5-11-8(7-10)2-3-9-6-8;;/h9H,2-7H2,1H3;2*1H. The van der Waals surface area contributed by atoms with Crippen LogP contribution in [0.1, 0.15) is 6.42 Å². The lowest BCUT2D eigenvalue weighted by Gasteiger charge is -2.38. The highest BCUT2D eigenvalue weighted by molar-refractivity contribution is 5.85. The number of nitrogens with one attached hydrogen (secondary N) is 1. The zero-order chi connectivity index (χ0) is 7.73. The predicted octanol–water partition coefficient (Wildman–Crippen LogP) is 0.524. The second kappa shape index (κ2) is 5.37. The quantitative estimate of drug-likeness (QED) is 0.655. The van der Waals surface area contributed by atoms with E-state index in [0.29, 0.717) is 0 Å². The van der Waals surface area contributed by atoms with Crippen molar-refractivity contribution in [2.45, 2.75) is 12.0 Å². The van der Waals surface area contributed by atoms with Gasteiger partial charge in [-0.3, -0.25) is 0 Å². The number of morpholine rings is 1. The summed E-state index contributed by atoms with van der Waals surface area (Å²) in [5.74, 6) is 0. The molecule has 1 unspecified atom stereocenters. The number of likely N-dealkylation sites (N-methyl/N-ethyl adjacent to an activating group) is 1. The first-order chi connectivity index (χ1) is 5.31. The molecule has 0 radical (unpaired) electrons. The van der Waals surface area contributed by atoms with Crippen LogP contribution < -0.4 is 5.32 Å². The van der Waals surface area contributed by atoms with Gasteiger partial charge in [0.15, 0.2) is 0 Å². The van der Waals surface area contributed by atoms with Gasteiger partial charge < -0.3 is 15.0 Å². The van der Waals surface area contributed by atoms with Crippen molar-refractivity contribution in [1.29, 1.82) is 0 Å². The van der Waals surface area contributed by atoms with E-state index in [0.717, 1.165) is 32.8 Å². The number of hydrogen-bond donors (Lipinski definition) is 1. The van der Waals surface area contributed by atoms with E-state index in [1.807, 2.05) is 0 Å². The van der Waals surface area contributed by atoms with Crippen LogP contribution in [0.5, 0.6) is 0 Å². The molecule has 2 aliphatic heterocycles. The molecular formula is C8H18Cl2N2O. The van der Waals surface area contributed by atoms with Crippen molar-refractivity contribution in [2.24, 2.45) is 0 Å². The lowest BCUT2D eigenvalue weighted by atomic mass is 10.0. The van der Waals surface area contributed by atoms with Crippen LogP contribution in [-0.2, 0) is 4.74 Å². The minimum Gasteiger partial charge on any atom is -0.371 e. The van der Waals surface area contributed by atoms with Crippen LogP contribution in [-0.4, -0.2) is 50.3 Å². The second-order valence-electron chi connectivity index (χ2n) is 3.70. The summed E-state index contributed by atoms with van der Waals surface area (Å²) < 4.78 is 5.79. The minimum absolute atomic E-state index is 0. The summed E-state index contributed by atoms with van der Waals surface area (Å²) >= 11 is 0. The van der Waals surface area contributed by atoms with E-state index in [-0.39, 0.29) is 30.4 Å². The number of nitrogens with zero attached hydrogens (tertiary/aromatic N) is 1. The fourth-order valence-electron chi connectivity index (χ4n) is 2.01. The molecule has 13 heavy (non-hydrogen) atoms. The average Bonchev–Trinajstić information content (AvgIpc) is 2.37. The fourth-order valence-corrected chi connectivity index (χ4v) is 2.01. The highest BCUT2D eigenvalue weighted by Gasteiger charge is 2.37. The van der Waals surface area contributed by atoms with Gasteiger partial charge in [0.05, 0.1) is 12.2 Å². The summed E-state index contributed by atoms with van der Waals surface area (Å²) in [6, 6.07) is 0. The first kappa shape index (κ1) is 13.5. The van der Waals surface area contributed by atoms with E-state index in [1.54, 1.807) is 0 Å². The summed E-state index contributed by atoms with van der Waals surface area (Å²) in [6.45, 7) is 5.24. The topological polar surface area (TPSA) is 24.5 Å². The summed E-state index contributed by atoms with van der Waals surface area (Å²) in [6.07, 6.45) is 1.18. The normalized spacial score (nSPS) is 33.9. The van der Waals surface area contributed by atoms with Gasteiger partial charge in [0.1, 0.15) is 0 Å². The maximum absolute atomic E-state index is 5.79. The first-order valence-corrected chi connectivity index (χ1v) is 4.34. The van der Waals surface area contributed by atoms with Crippen molar-refractivity contribution < 1.29 is 4.74 Å². The van der Waals surface area contributed by atoms with E-state index in [4.69, 9.17) is 4.74 Å². The summed E-state index contributed by atoms with van der Waals surface area (Å²) in [5, 5.41) is 3.35. The van der Waals surface area contributed by atoms with Gasteiger partial charge in [0.2, 0.25) is 0 Å². The zero-order valence-corrected chi connectivity index (χ0v) is 9.55. The molecule has 1 atom stereocenters. The average molecular weight is 229 g/mol. The number of rotatable bonds is 0. The molecule has 80 valence electrons. The smallest absolute Gasteiger partial charge is 0.0944 e. The van der Waals surface area contributed by atoms with Gasteiger partial charge in [-0.25, -0.2) is 0 Å². The van der Waals surface area contributed by atoms with Gasteiger partial charge in [0.25, 0.3) is 0 Å².